The summed E-state index contributed by atoms with van der Waals surface area (Å²) in [4.78, 5) is 12.6. The molecule has 2 aromatic carbocycles. The molecule has 3 heteroatoms. The van der Waals surface area contributed by atoms with Crippen molar-refractivity contribution in [3.05, 3.63) is 58.8 Å². The van der Waals surface area contributed by atoms with Gasteiger partial charge in [0.2, 0.25) is 0 Å². The van der Waals surface area contributed by atoms with Gasteiger partial charge in [-0.3, -0.25) is 4.79 Å². The van der Waals surface area contributed by atoms with Gasteiger partial charge in [-0.15, -0.1) is 0 Å². The van der Waals surface area contributed by atoms with E-state index in [1.165, 1.54) is 0 Å². The highest BCUT2D eigenvalue weighted by molar-refractivity contribution is 5.93. The quantitative estimate of drug-likeness (QED) is 0.748. The highest BCUT2D eigenvalue weighted by Crippen LogP contribution is 2.21. The lowest BCUT2D eigenvalue weighted by molar-refractivity contribution is 0.0669. The third-order valence-corrected chi connectivity index (χ3v) is 3.83. The first-order valence-corrected chi connectivity index (χ1v) is 7.20. The highest BCUT2D eigenvalue weighted by atomic mass is 16.3. The predicted octanol–water partition coefficient (Wildman–Crippen LogP) is 3.32. The smallest absolute Gasteiger partial charge is 0.197 e. The number of aryl methyl sites for hydroxylation is 1. The van der Waals surface area contributed by atoms with Gasteiger partial charge in [0, 0.05) is 17.3 Å². The van der Waals surface area contributed by atoms with E-state index in [-0.39, 0.29) is 5.43 Å². The van der Waals surface area contributed by atoms with E-state index < -0.39 is 5.60 Å². The fourth-order valence-electron chi connectivity index (χ4n) is 2.70. The monoisotopic (exact) mass is 281 g/mol. The molecule has 0 fully saturated rings. The molecule has 0 atom stereocenters. The summed E-state index contributed by atoms with van der Waals surface area (Å²) in [5.41, 5.74) is 1.18. The maximum atomic E-state index is 12.6. The maximum Gasteiger partial charge on any atom is 0.197 e. The van der Waals surface area contributed by atoms with Crippen LogP contribution < -0.4 is 5.43 Å². The van der Waals surface area contributed by atoms with Crippen molar-refractivity contribution in [2.75, 3.05) is 0 Å². The fraction of sp³-hybridized carbons (Fsp3) is 0.278. The lowest BCUT2D eigenvalue weighted by Gasteiger charge is -2.20. The summed E-state index contributed by atoms with van der Waals surface area (Å²) in [5.74, 6) is 0. The summed E-state index contributed by atoms with van der Waals surface area (Å²) in [7, 11) is 0. The highest BCUT2D eigenvalue weighted by Gasteiger charge is 2.15. The van der Waals surface area contributed by atoms with E-state index in [0.717, 1.165) is 21.8 Å². The van der Waals surface area contributed by atoms with Crippen LogP contribution in [0.25, 0.3) is 21.8 Å². The number of rotatable bonds is 3. The minimum absolute atomic E-state index is 0.0701. The molecule has 1 N–H and O–H groups in total. The molecule has 0 aliphatic heterocycles. The Balaban J connectivity index is 2.32. The molecular weight excluding hydrogens is 262 g/mol. The Labute approximate surface area is 123 Å². The van der Waals surface area contributed by atoms with Crippen molar-refractivity contribution in [1.29, 1.82) is 0 Å². The van der Waals surface area contributed by atoms with Crippen LogP contribution >= 0.6 is 0 Å². The van der Waals surface area contributed by atoms with E-state index >= 15 is 0 Å². The molecule has 0 saturated carbocycles. The van der Waals surface area contributed by atoms with Crippen molar-refractivity contribution in [2.24, 2.45) is 0 Å². The SMILES string of the molecule is CC(C)(O)CCn1c2ccccc2c(=O)c2ccccc21. The first kappa shape index (κ1) is 13.8. The molecule has 0 saturated heterocycles. The first-order chi connectivity index (χ1) is 9.97. The standard InChI is InChI=1S/C18H19NO2/c1-18(2,21)11-12-19-15-9-5-3-7-13(15)17(20)14-8-4-6-10-16(14)19/h3-10,21H,11-12H2,1-2H3. The summed E-state index contributed by atoms with van der Waals surface area (Å²) in [6.45, 7) is 4.28. The molecule has 0 spiro atoms. The minimum Gasteiger partial charge on any atom is -0.390 e. The third kappa shape index (κ3) is 2.57. The number of para-hydroxylation sites is 2. The van der Waals surface area contributed by atoms with Crippen LogP contribution in [0.4, 0.5) is 0 Å². The molecular formula is C18H19NO2. The average molecular weight is 281 g/mol. The topological polar surface area (TPSA) is 42.2 Å². The van der Waals surface area contributed by atoms with Crippen LogP contribution in [0.15, 0.2) is 53.3 Å². The number of fused-ring (bicyclic) bond motifs is 2. The minimum atomic E-state index is -0.731. The van der Waals surface area contributed by atoms with Gasteiger partial charge in [-0.25, -0.2) is 0 Å². The molecule has 108 valence electrons. The van der Waals surface area contributed by atoms with Gasteiger partial charge >= 0.3 is 0 Å². The molecule has 3 rings (SSSR count). The van der Waals surface area contributed by atoms with E-state index in [1.807, 2.05) is 48.5 Å². The Kier molecular flexibility index (Phi) is 3.30. The number of pyridine rings is 1. The Morgan fingerprint density at radius 3 is 1.90 bits per heavy atom. The average Bonchev–Trinajstić information content (AvgIpc) is 2.46. The molecule has 0 unspecified atom stereocenters. The van der Waals surface area contributed by atoms with Gasteiger partial charge < -0.3 is 9.67 Å². The van der Waals surface area contributed by atoms with E-state index in [9.17, 15) is 9.90 Å². The Morgan fingerprint density at radius 1 is 0.952 bits per heavy atom. The van der Waals surface area contributed by atoms with E-state index in [4.69, 9.17) is 0 Å². The van der Waals surface area contributed by atoms with Crippen molar-refractivity contribution in [3.63, 3.8) is 0 Å². The molecule has 3 aromatic rings. The van der Waals surface area contributed by atoms with Crippen LogP contribution in [0.5, 0.6) is 0 Å². The summed E-state index contributed by atoms with van der Waals surface area (Å²) in [5, 5.41) is 11.5. The maximum absolute atomic E-state index is 12.6. The van der Waals surface area contributed by atoms with Crippen molar-refractivity contribution in [1.82, 2.24) is 4.57 Å². The Hall–Kier alpha value is -2.13. The van der Waals surface area contributed by atoms with Gasteiger partial charge in [-0.2, -0.15) is 0 Å². The number of aromatic nitrogens is 1. The van der Waals surface area contributed by atoms with E-state index in [2.05, 4.69) is 4.57 Å². The molecule has 0 radical (unpaired) electrons. The van der Waals surface area contributed by atoms with Crippen molar-refractivity contribution < 1.29 is 5.11 Å². The van der Waals surface area contributed by atoms with Crippen LogP contribution in [0, 0.1) is 0 Å². The van der Waals surface area contributed by atoms with Gasteiger partial charge in [0.1, 0.15) is 0 Å². The molecule has 0 aliphatic rings. The summed E-state index contributed by atoms with van der Waals surface area (Å²) in [6.07, 6.45) is 0.629. The first-order valence-electron chi connectivity index (χ1n) is 7.20. The second kappa shape index (κ2) is 5.01. The van der Waals surface area contributed by atoms with Gasteiger partial charge in [0.15, 0.2) is 5.43 Å². The molecule has 0 aliphatic carbocycles. The lowest BCUT2D eigenvalue weighted by Crippen LogP contribution is -2.22. The zero-order chi connectivity index (χ0) is 15.0. The third-order valence-electron chi connectivity index (χ3n) is 3.83. The normalized spacial score (nSPS) is 12.1. The zero-order valence-corrected chi connectivity index (χ0v) is 12.3. The zero-order valence-electron chi connectivity index (χ0n) is 12.3. The Morgan fingerprint density at radius 2 is 1.43 bits per heavy atom. The number of hydrogen-bond donors (Lipinski definition) is 1. The number of nitrogens with zero attached hydrogens (tertiary/aromatic N) is 1. The second-order valence-corrected chi connectivity index (χ2v) is 6.08. The van der Waals surface area contributed by atoms with Crippen LogP contribution in [0.2, 0.25) is 0 Å². The van der Waals surface area contributed by atoms with Crippen LogP contribution in [-0.4, -0.2) is 15.3 Å². The van der Waals surface area contributed by atoms with Crippen molar-refractivity contribution >= 4 is 21.8 Å². The van der Waals surface area contributed by atoms with Crippen LogP contribution in [0.3, 0.4) is 0 Å². The number of aliphatic hydroxyl groups is 1. The van der Waals surface area contributed by atoms with Gasteiger partial charge in [0.05, 0.1) is 16.6 Å². The molecule has 3 nitrogen and oxygen atoms in total. The van der Waals surface area contributed by atoms with Crippen LogP contribution in [0.1, 0.15) is 20.3 Å². The predicted molar refractivity (Wildman–Crippen MR) is 86.6 cm³/mol. The molecule has 1 heterocycles. The summed E-state index contributed by atoms with van der Waals surface area (Å²) >= 11 is 0. The molecule has 0 amide bonds. The Bertz CT molecular complexity index is 796. The van der Waals surface area contributed by atoms with E-state index in [0.29, 0.717) is 13.0 Å². The van der Waals surface area contributed by atoms with Crippen LogP contribution in [-0.2, 0) is 6.54 Å². The molecule has 0 bridgehead atoms. The fourth-order valence-corrected chi connectivity index (χ4v) is 2.70. The second-order valence-electron chi connectivity index (χ2n) is 6.08. The van der Waals surface area contributed by atoms with Crippen molar-refractivity contribution in [2.45, 2.75) is 32.4 Å². The summed E-state index contributed by atoms with van der Waals surface area (Å²) < 4.78 is 2.13. The lowest BCUT2D eigenvalue weighted by atomic mass is 10.0. The van der Waals surface area contributed by atoms with Crippen molar-refractivity contribution in [3.8, 4) is 0 Å². The van der Waals surface area contributed by atoms with E-state index in [1.54, 1.807) is 13.8 Å². The van der Waals surface area contributed by atoms with Gasteiger partial charge in [0.25, 0.3) is 0 Å². The number of benzene rings is 2. The summed E-state index contributed by atoms with van der Waals surface area (Å²) in [6, 6.07) is 15.3. The molecule has 21 heavy (non-hydrogen) atoms. The van der Waals surface area contributed by atoms with Gasteiger partial charge in [-0.1, -0.05) is 24.3 Å². The number of hydrogen-bond acceptors (Lipinski definition) is 2. The largest absolute Gasteiger partial charge is 0.390 e. The molecule has 1 aromatic heterocycles. The van der Waals surface area contributed by atoms with Gasteiger partial charge in [-0.05, 0) is 44.5 Å².